The highest BCUT2D eigenvalue weighted by molar-refractivity contribution is 14.1. The summed E-state index contributed by atoms with van der Waals surface area (Å²) in [5.74, 6) is 0.203. The Labute approximate surface area is 147 Å². The van der Waals surface area contributed by atoms with Gasteiger partial charge >= 0.3 is 6.03 Å². The first-order valence-corrected chi connectivity index (χ1v) is 8.35. The summed E-state index contributed by atoms with van der Waals surface area (Å²) in [6.45, 7) is 2.00. The number of furan rings is 1. The van der Waals surface area contributed by atoms with Crippen LogP contribution in [0.15, 0.2) is 47.1 Å². The number of nitrogens with zero attached hydrogens (tertiary/aromatic N) is 2. The Morgan fingerprint density at radius 1 is 1.04 bits per heavy atom. The van der Waals surface area contributed by atoms with Gasteiger partial charge in [0.2, 0.25) is 0 Å². The largest absolute Gasteiger partial charge is 0.459 e. The molecule has 7 heteroatoms. The number of anilines is 1. The zero-order valence-corrected chi connectivity index (χ0v) is 14.5. The number of nitrogens with one attached hydrogen (secondary N) is 1. The standard InChI is InChI=1S/C16H16IN3O3/c17-12-3-1-4-13(11-12)18-16(22)20-8-6-19(7-9-20)15(21)14-5-2-10-23-14/h1-5,10-11H,6-9H2,(H,18,22). The van der Waals surface area contributed by atoms with E-state index in [2.05, 4.69) is 27.9 Å². The van der Waals surface area contributed by atoms with Crippen LogP contribution in [0.5, 0.6) is 0 Å². The first kappa shape index (κ1) is 15.9. The van der Waals surface area contributed by atoms with Crippen molar-refractivity contribution in [2.45, 2.75) is 0 Å². The molecule has 120 valence electrons. The number of hydrogen-bond donors (Lipinski definition) is 1. The van der Waals surface area contributed by atoms with E-state index in [0.717, 1.165) is 9.26 Å². The molecule has 0 unspecified atom stereocenters. The molecule has 1 aliphatic rings. The van der Waals surface area contributed by atoms with Crippen LogP contribution in [-0.2, 0) is 0 Å². The molecule has 1 saturated heterocycles. The van der Waals surface area contributed by atoms with Crippen LogP contribution in [0.25, 0.3) is 0 Å². The average Bonchev–Trinajstić information content (AvgIpc) is 3.09. The van der Waals surface area contributed by atoms with E-state index in [-0.39, 0.29) is 11.9 Å². The Balaban J connectivity index is 1.54. The lowest BCUT2D eigenvalue weighted by atomic mass is 10.3. The van der Waals surface area contributed by atoms with Gasteiger partial charge in [-0.3, -0.25) is 4.79 Å². The summed E-state index contributed by atoms with van der Waals surface area (Å²) in [5, 5.41) is 2.88. The lowest BCUT2D eigenvalue weighted by molar-refractivity contribution is 0.0640. The molecule has 1 aliphatic heterocycles. The van der Waals surface area contributed by atoms with Gasteiger partial charge in [-0.1, -0.05) is 6.07 Å². The molecular formula is C16H16IN3O3. The fourth-order valence-electron chi connectivity index (χ4n) is 2.44. The van der Waals surface area contributed by atoms with Crippen molar-refractivity contribution >= 4 is 40.2 Å². The van der Waals surface area contributed by atoms with E-state index < -0.39 is 0 Å². The highest BCUT2D eigenvalue weighted by Crippen LogP contribution is 2.14. The van der Waals surface area contributed by atoms with Crippen molar-refractivity contribution in [1.29, 1.82) is 0 Å². The summed E-state index contributed by atoms with van der Waals surface area (Å²) >= 11 is 2.20. The van der Waals surface area contributed by atoms with Gasteiger partial charge in [0.1, 0.15) is 0 Å². The molecule has 3 rings (SSSR count). The number of halogens is 1. The average molecular weight is 425 g/mol. The van der Waals surface area contributed by atoms with Crippen LogP contribution in [0.3, 0.4) is 0 Å². The second kappa shape index (κ2) is 7.03. The van der Waals surface area contributed by atoms with Gasteiger partial charge < -0.3 is 19.5 Å². The Morgan fingerprint density at radius 3 is 2.43 bits per heavy atom. The Morgan fingerprint density at radius 2 is 1.78 bits per heavy atom. The minimum Gasteiger partial charge on any atom is -0.459 e. The van der Waals surface area contributed by atoms with Gasteiger partial charge in [0, 0.05) is 35.4 Å². The van der Waals surface area contributed by atoms with Crippen LogP contribution in [0.4, 0.5) is 10.5 Å². The van der Waals surface area contributed by atoms with Crippen LogP contribution >= 0.6 is 22.6 Å². The van der Waals surface area contributed by atoms with Gasteiger partial charge in [-0.15, -0.1) is 0 Å². The van der Waals surface area contributed by atoms with Crippen LogP contribution < -0.4 is 5.32 Å². The van der Waals surface area contributed by atoms with E-state index in [4.69, 9.17) is 4.42 Å². The summed E-state index contributed by atoms with van der Waals surface area (Å²) in [6.07, 6.45) is 1.48. The van der Waals surface area contributed by atoms with E-state index in [1.807, 2.05) is 24.3 Å². The zero-order valence-electron chi connectivity index (χ0n) is 12.4. The lowest BCUT2D eigenvalue weighted by Gasteiger charge is -2.34. The summed E-state index contributed by atoms with van der Waals surface area (Å²) in [5.41, 5.74) is 0.774. The van der Waals surface area contributed by atoms with Crippen molar-refractivity contribution in [2.24, 2.45) is 0 Å². The second-order valence-electron chi connectivity index (χ2n) is 5.20. The van der Waals surface area contributed by atoms with Gasteiger partial charge in [-0.05, 0) is 52.9 Å². The summed E-state index contributed by atoms with van der Waals surface area (Å²) in [4.78, 5) is 27.9. The molecule has 2 heterocycles. The SMILES string of the molecule is O=C(Nc1cccc(I)c1)N1CCN(C(=O)c2ccco2)CC1. The van der Waals surface area contributed by atoms with Gasteiger partial charge in [0.25, 0.3) is 5.91 Å². The molecule has 1 N–H and O–H groups in total. The first-order valence-electron chi connectivity index (χ1n) is 7.28. The molecule has 1 aromatic carbocycles. The van der Waals surface area contributed by atoms with Gasteiger partial charge in [-0.2, -0.15) is 0 Å². The predicted molar refractivity (Wildman–Crippen MR) is 94.4 cm³/mol. The molecule has 0 saturated carbocycles. The lowest BCUT2D eigenvalue weighted by Crippen LogP contribution is -2.51. The fourth-order valence-corrected chi connectivity index (χ4v) is 2.98. The van der Waals surface area contributed by atoms with Crippen LogP contribution in [0.1, 0.15) is 10.6 Å². The molecular weight excluding hydrogens is 409 g/mol. The van der Waals surface area contributed by atoms with E-state index in [1.54, 1.807) is 21.9 Å². The molecule has 6 nitrogen and oxygen atoms in total. The zero-order chi connectivity index (χ0) is 16.2. The fraction of sp³-hybridized carbons (Fsp3) is 0.250. The monoisotopic (exact) mass is 425 g/mol. The van der Waals surface area contributed by atoms with Gasteiger partial charge in [-0.25, -0.2) is 4.79 Å². The Hall–Kier alpha value is -2.03. The number of carbonyl (C=O) groups is 2. The molecule has 0 atom stereocenters. The third-order valence-electron chi connectivity index (χ3n) is 3.66. The van der Waals surface area contributed by atoms with E-state index >= 15 is 0 Å². The molecule has 0 aliphatic carbocycles. The number of urea groups is 1. The third-order valence-corrected chi connectivity index (χ3v) is 4.33. The van der Waals surface area contributed by atoms with E-state index in [0.29, 0.717) is 31.9 Å². The number of piperazine rings is 1. The first-order chi connectivity index (χ1) is 11.1. The maximum Gasteiger partial charge on any atom is 0.321 e. The maximum atomic E-state index is 12.3. The smallest absolute Gasteiger partial charge is 0.321 e. The van der Waals surface area contributed by atoms with Crippen molar-refractivity contribution in [3.05, 3.63) is 52.0 Å². The molecule has 3 amide bonds. The molecule has 2 aromatic rings. The Kier molecular flexibility index (Phi) is 4.85. The number of benzene rings is 1. The maximum absolute atomic E-state index is 12.3. The van der Waals surface area contributed by atoms with Crippen LogP contribution in [0, 0.1) is 3.57 Å². The molecule has 1 fully saturated rings. The number of carbonyl (C=O) groups excluding carboxylic acids is 2. The minimum absolute atomic E-state index is 0.132. The van der Waals surface area contributed by atoms with Gasteiger partial charge in [0.05, 0.1) is 6.26 Å². The molecule has 1 aromatic heterocycles. The molecule has 23 heavy (non-hydrogen) atoms. The molecule has 0 radical (unpaired) electrons. The van der Waals surface area contributed by atoms with Crippen molar-refractivity contribution in [1.82, 2.24) is 9.80 Å². The van der Waals surface area contributed by atoms with Gasteiger partial charge in [0.15, 0.2) is 5.76 Å². The predicted octanol–water partition coefficient (Wildman–Crippen LogP) is 2.87. The second-order valence-corrected chi connectivity index (χ2v) is 6.44. The number of rotatable bonds is 2. The molecule has 0 spiro atoms. The summed E-state index contributed by atoms with van der Waals surface area (Å²) in [7, 11) is 0. The van der Waals surface area contributed by atoms with Crippen LogP contribution in [0.2, 0.25) is 0 Å². The van der Waals surface area contributed by atoms with Crippen molar-refractivity contribution in [3.63, 3.8) is 0 Å². The Bertz CT molecular complexity index is 694. The highest BCUT2D eigenvalue weighted by atomic mass is 127. The van der Waals surface area contributed by atoms with E-state index in [1.165, 1.54) is 6.26 Å². The van der Waals surface area contributed by atoms with Crippen LogP contribution in [-0.4, -0.2) is 47.9 Å². The highest BCUT2D eigenvalue weighted by Gasteiger charge is 2.26. The normalized spacial score (nSPS) is 14.7. The van der Waals surface area contributed by atoms with Crippen molar-refractivity contribution in [2.75, 3.05) is 31.5 Å². The minimum atomic E-state index is -0.142. The number of hydrogen-bond acceptors (Lipinski definition) is 3. The summed E-state index contributed by atoms with van der Waals surface area (Å²) in [6, 6.07) is 10.8. The topological polar surface area (TPSA) is 65.8 Å². The van der Waals surface area contributed by atoms with E-state index in [9.17, 15) is 9.59 Å². The third kappa shape index (κ3) is 3.84. The van der Waals surface area contributed by atoms with Crippen molar-refractivity contribution < 1.29 is 14.0 Å². The summed E-state index contributed by atoms with van der Waals surface area (Å²) < 4.78 is 6.19. The number of amides is 3. The quantitative estimate of drug-likeness (QED) is 0.753. The molecule has 0 bridgehead atoms. The van der Waals surface area contributed by atoms with Crippen molar-refractivity contribution in [3.8, 4) is 0 Å².